The molecule has 36 heavy (non-hydrogen) atoms. The van der Waals surface area contributed by atoms with Crippen LogP contribution in [0.1, 0.15) is 72.9 Å². The van der Waals surface area contributed by atoms with E-state index in [1.54, 1.807) is 12.1 Å². The van der Waals surface area contributed by atoms with Crippen molar-refractivity contribution in [1.82, 2.24) is 0 Å². The number of carbonyl (C=O) groups excluding carboxylic acids is 3. The predicted molar refractivity (Wildman–Crippen MR) is 138 cm³/mol. The van der Waals surface area contributed by atoms with E-state index < -0.39 is 0 Å². The van der Waals surface area contributed by atoms with E-state index in [0.717, 1.165) is 37.7 Å². The average Bonchev–Trinajstić information content (AvgIpc) is 2.90. The molecule has 0 bridgehead atoms. The Kier molecular flexibility index (Phi) is 10.7. The van der Waals surface area contributed by atoms with Crippen LogP contribution in [-0.2, 0) is 25.5 Å². The van der Waals surface area contributed by atoms with Gasteiger partial charge in [-0.25, -0.2) is 9.59 Å². The van der Waals surface area contributed by atoms with Gasteiger partial charge in [0.05, 0.1) is 18.1 Å². The molecule has 2 aromatic carbocycles. The third-order valence-corrected chi connectivity index (χ3v) is 6.48. The molecular weight excluding hydrogens is 456 g/mol. The molecule has 1 saturated carbocycles. The van der Waals surface area contributed by atoms with Gasteiger partial charge < -0.3 is 14.2 Å². The summed E-state index contributed by atoms with van der Waals surface area (Å²) in [5.41, 5.74) is 2.84. The maximum Gasteiger partial charge on any atom is 0.338 e. The average molecular weight is 493 g/mol. The first-order valence-electron chi connectivity index (χ1n) is 12.8. The maximum absolute atomic E-state index is 12.6. The molecule has 0 heterocycles. The lowest BCUT2D eigenvalue weighted by atomic mass is 9.87. The van der Waals surface area contributed by atoms with Gasteiger partial charge in [0.25, 0.3) is 0 Å². The number of benzene rings is 2. The second-order valence-electron chi connectivity index (χ2n) is 9.35. The van der Waals surface area contributed by atoms with Crippen LogP contribution in [0, 0.1) is 12.8 Å². The van der Waals surface area contributed by atoms with Crippen molar-refractivity contribution in [2.24, 2.45) is 5.92 Å². The SMILES string of the molecule is C=CC(=O)OCCCCCCc1ccc(C(=O)OC2CCC(C(=O)Oc3ccc(C)cc3)CC2)cc1. The molecule has 0 unspecified atom stereocenters. The summed E-state index contributed by atoms with van der Waals surface area (Å²) in [6.45, 7) is 5.79. The minimum Gasteiger partial charge on any atom is -0.463 e. The van der Waals surface area contributed by atoms with E-state index in [0.29, 0.717) is 43.6 Å². The van der Waals surface area contributed by atoms with Crippen molar-refractivity contribution >= 4 is 17.9 Å². The van der Waals surface area contributed by atoms with Gasteiger partial charge in [0, 0.05) is 6.08 Å². The van der Waals surface area contributed by atoms with Crippen LogP contribution >= 0.6 is 0 Å². The highest BCUT2D eigenvalue weighted by molar-refractivity contribution is 5.89. The van der Waals surface area contributed by atoms with E-state index in [9.17, 15) is 14.4 Å². The fourth-order valence-corrected chi connectivity index (χ4v) is 4.27. The normalized spacial score (nSPS) is 17.1. The Bertz CT molecular complexity index is 1000. The van der Waals surface area contributed by atoms with E-state index in [-0.39, 0.29) is 29.9 Å². The molecule has 1 aliphatic rings. The minimum atomic E-state index is -0.375. The molecule has 3 rings (SSSR count). The quantitative estimate of drug-likeness (QED) is 0.153. The fraction of sp³-hybridized carbons (Fsp3) is 0.433. The molecule has 6 nitrogen and oxygen atoms in total. The van der Waals surface area contributed by atoms with Crippen molar-refractivity contribution < 1.29 is 28.6 Å². The summed E-state index contributed by atoms with van der Waals surface area (Å²) < 4.78 is 16.2. The van der Waals surface area contributed by atoms with Crippen LogP contribution in [0.25, 0.3) is 0 Å². The van der Waals surface area contributed by atoms with Crippen molar-refractivity contribution in [1.29, 1.82) is 0 Å². The number of aryl methyl sites for hydroxylation is 2. The van der Waals surface area contributed by atoms with Crippen LogP contribution in [0.15, 0.2) is 61.2 Å². The fourth-order valence-electron chi connectivity index (χ4n) is 4.27. The molecule has 0 saturated heterocycles. The van der Waals surface area contributed by atoms with Gasteiger partial charge in [0.15, 0.2) is 0 Å². The van der Waals surface area contributed by atoms with Crippen molar-refractivity contribution in [2.75, 3.05) is 6.61 Å². The molecule has 0 atom stereocenters. The molecule has 2 aromatic rings. The summed E-state index contributed by atoms with van der Waals surface area (Å²) in [6, 6.07) is 15.0. The lowest BCUT2D eigenvalue weighted by molar-refractivity contribution is -0.140. The number of hydrogen-bond donors (Lipinski definition) is 0. The van der Waals surface area contributed by atoms with Crippen molar-refractivity contribution in [3.05, 3.63) is 77.9 Å². The molecule has 0 radical (unpaired) electrons. The zero-order valence-corrected chi connectivity index (χ0v) is 21.1. The van der Waals surface area contributed by atoms with E-state index in [1.807, 2.05) is 43.3 Å². The second-order valence-corrected chi connectivity index (χ2v) is 9.35. The van der Waals surface area contributed by atoms with Crippen LogP contribution in [0.4, 0.5) is 0 Å². The lowest BCUT2D eigenvalue weighted by Gasteiger charge is -2.27. The number of ether oxygens (including phenoxy) is 3. The van der Waals surface area contributed by atoms with E-state index in [2.05, 4.69) is 6.58 Å². The summed E-state index contributed by atoms with van der Waals surface area (Å²) in [5, 5.41) is 0. The Morgan fingerprint density at radius 1 is 0.889 bits per heavy atom. The van der Waals surface area contributed by atoms with Crippen molar-refractivity contribution in [3.63, 3.8) is 0 Å². The third-order valence-electron chi connectivity index (χ3n) is 6.48. The predicted octanol–water partition coefficient (Wildman–Crippen LogP) is 6.15. The summed E-state index contributed by atoms with van der Waals surface area (Å²) in [5.74, 6) is -0.506. The lowest BCUT2D eigenvalue weighted by Crippen LogP contribution is -2.30. The largest absolute Gasteiger partial charge is 0.463 e. The van der Waals surface area contributed by atoms with Gasteiger partial charge in [-0.2, -0.15) is 0 Å². The Morgan fingerprint density at radius 2 is 1.56 bits per heavy atom. The van der Waals surface area contributed by atoms with Crippen molar-refractivity contribution in [2.45, 2.75) is 70.8 Å². The standard InChI is InChI=1S/C30H36O6/c1-3-28(31)34-21-7-5-4-6-8-23-11-13-24(14-12-23)29(32)36-27-19-15-25(16-20-27)30(33)35-26-17-9-22(2)10-18-26/h3,9-14,17-18,25,27H,1,4-8,15-16,19-21H2,2H3. The van der Waals surface area contributed by atoms with E-state index >= 15 is 0 Å². The first kappa shape index (κ1) is 27.2. The summed E-state index contributed by atoms with van der Waals surface area (Å²) in [4.78, 5) is 36.0. The Morgan fingerprint density at radius 3 is 2.22 bits per heavy atom. The number of hydrogen-bond acceptors (Lipinski definition) is 6. The zero-order valence-electron chi connectivity index (χ0n) is 21.1. The van der Waals surface area contributed by atoms with Crippen LogP contribution in [0.5, 0.6) is 5.75 Å². The summed E-state index contributed by atoms with van der Waals surface area (Å²) in [6.07, 6.45) is 8.49. The molecule has 0 spiro atoms. The van der Waals surface area contributed by atoms with Crippen LogP contribution < -0.4 is 4.74 Å². The van der Waals surface area contributed by atoms with Gasteiger partial charge in [0.1, 0.15) is 11.9 Å². The highest BCUT2D eigenvalue weighted by atomic mass is 16.5. The first-order chi connectivity index (χ1) is 17.4. The van der Waals surface area contributed by atoms with Crippen LogP contribution in [-0.4, -0.2) is 30.6 Å². The number of rotatable bonds is 12. The molecule has 6 heteroatoms. The molecule has 0 aliphatic heterocycles. The smallest absolute Gasteiger partial charge is 0.338 e. The van der Waals surface area contributed by atoms with E-state index in [1.165, 1.54) is 11.6 Å². The first-order valence-corrected chi connectivity index (χ1v) is 12.8. The van der Waals surface area contributed by atoms with Gasteiger partial charge in [-0.15, -0.1) is 0 Å². The Balaban J connectivity index is 1.32. The number of unbranched alkanes of at least 4 members (excludes halogenated alkanes) is 3. The van der Waals surface area contributed by atoms with Gasteiger partial charge in [0.2, 0.25) is 0 Å². The zero-order chi connectivity index (χ0) is 25.8. The Labute approximate surface area is 213 Å². The summed E-state index contributed by atoms with van der Waals surface area (Å²) in [7, 11) is 0. The molecule has 1 fully saturated rings. The van der Waals surface area contributed by atoms with Gasteiger partial charge in [-0.1, -0.05) is 49.2 Å². The van der Waals surface area contributed by atoms with Crippen LogP contribution in [0.3, 0.4) is 0 Å². The van der Waals surface area contributed by atoms with Gasteiger partial charge in [-0.3, -0.25) is 4.79 Å². The van der Waals surface area contributed by atoms with Gasteiger partial charge >= 0.3 is 17.9 Å². The third kappa shape index (κ3) is 8.99. The monoisotopic (exact) mass is 492 g/mol. The highest BCUT2D eigenvalue weighted by Crippen LogP contribution is 2.28. The molecule has 0 aromatic heterocycles. The molecular formula is C30H36O6. The molecule has 0 amide bonds. The highest BCUT2D eigenvalue weighted by Gasteiger charge is 2.29. The maximum atomic E-state index is 12.6. The minimum absolute atomic E-state index is 0.164. The second kappa shape index (κ2) is 14.2. The van der Waals surface area contributed by atoms with Crippen LogP contribution in [0.2, 0.25) is 0 Å². The Hall–Kier alpha value is -3.41. The van der Waals surface area contributed by atoms with Gasteiger partial charge in [-0.05, 0) is 81.7 Å². The number of esters is 3. The van der Waals surface area contributed by atoms with Crippen molar-refractivity contribution in [3.8, 4) is 5.75 Å². The molecule has 1 aliphatic carbocycles. The molecule has 0 N–H and O–H groups in total. The molecule has 192 valence electrons. The topological polar surface area (TPSA) is 78.9 Å². The van der Waals surface area contributed by atoms with E-state index in [4.69, 9.17) is 14.2 Å². The number of carbonyl (C=O) groups is 3. The summed E-state index contributed by atoms with van der Waals surface area (Å²) >= 11 is 0.